The van der Waals surface area contributed by atoms with Crippen LogP contribution in [0.2, 0.25) is 0 Å². The lowest BCUT2D eigenvalue weighted by atomic mass is 10.2. The average molecular weight is 408 g/mol. The zero-order valence-electron chi connectivity index (χ0n) is 16.6. The SMILES string of the molecule is Cc1cccc(OCc2csc(C(=O)N3CCN(Cc4ccccn4)CC3)c2)c1. The Hall–Kier alpha value is -2.70. The Morgan fingerprint density at radius 3 is 2.72 bits per heavy atom. The smallest absolute Gasteiger partial charge is 0.264 e. The molecule has 1 fully saturated rings. The Kier molecular flexibility index (Phi) is 6.22. The molecule has 1 amide bonds. The number of thiophene rings is 1. The lowest BCUT2D eigenvalue weighted by Crippen LogP contribution is -2.48. The van der Waals surface area contributed by atoms with Crippen LogP contribution in [0.3, 0.4) is 0 Å². The van der Waals surface area contributed by atoms with Crippen LogP contribution >= 0.6 is 11.3 Å². The highest BCUT2D eigenvalue weighted by Gasteiger charge is 2.23. The van der Waals surface area contributed by atoms with Gasteiger partial charge in [0.25, 0.3) is 5.91 Å². The van der Waals surface area contributed by atoms with E-state index in [0.717, 1.165) is 54.6 Å². The summed E-state index contributed by atoms with van der Waals surface area (Å²) in [6.45, 7) is 6.60. The summed E-state index contributed by atoms with van der Waals surface area (Å²) in [4.78, 5) is 22.3. The van der Waals surface area contributed by atoms with Crippen LogP contribution in [-0.2, 0) is 13.2 Å². The van der Waals surface area contributed by atoms with Crippen molar-refractivity contribution in [1.82, 2.24) is 14.8 Å². The van der Waals surface area contributed by atoms with Gasteiger partial charge in [-0.05, 0) is 48.2 Å². The number of aromatic nitrogens is 1. The van der Waals surface area contributed by atoms with Gasteiger partial charge in [-0.25, -0.2) is 0 Å². The molecule has 3 heterocycles. The number of nitrogens with zero attached hydrogens (tertiary/aromatic N) is 3. The Labute approximate surface area is 175 Å². The van der Waals surface area contributed by atoms with Crippen LogP contribution in [0.25, 0.3) is 0 Å². The number of aryl methyl sites for hydroxylation is 1. The molecule has 6 heteroatoms. The van der Waals surface area contributed by atoms with Gasteiger partial charge in [-0.15, -0.1) is 11.3 Å². The van der Waals surface area contributed by atoms with Gasteiger partial charge in [-0.1, -0.05) is 18.2 Å². The van der Waals surface area contributed by atoms with Crippen molar-refractivity contribution in [3.8, 4) is 5.75 Å². The summed E-state index contributed by atoms with van der Waals surface area (Å²) >= 11 is 1.50. The summed E-state index contributed by atoms with van der Waals surface area (Å²) in [6.07, 6.45) is 1.83. The molecule has 0 aliphatic carbocycles. The molecule has 1 saturated heterocycles. The number of carbonyl (C=O) groups is 1. The van der Waals surface area contributed by atoms with Gasteiger partial charge in [-0.3, -0.25) is 14.7 Å². The number of hydrogen-bond acceptors (Lipinski definition) is 5. The molecule has 3 aromatic rings. The Balaban J connectivity index is 1.28. The van der Waals surface area contributed by atoms with Crippen molar-refractivity contribution in [1.29, 1.82) is 0 Å². The zero-order valence-corrected chi connectivity index (χ0v) is 17.4. The highest BCUT2D eigenvalue weighted by molar-refractivity contribution is 7.12. The minimum atomic E-state index is 0.120. The summed E-state index contributed by atoms with van der Waals surface area (Å²) in [6, 6.07) is 16.0. The van der Waals surface area contributed by atoms with E-state index in [0.29, 0.717) is 6.61 Å². The third kappa shape index (κ3) is 5.22. The summed E-state index contributed by atoms with van der Waals surface area (Å²) in [5.41, 5.74) is 3.28. The molecule has 4 rings (SSSR count). The highest BCUT2D eigenvalue weighted by atomic mass is 32.1. The predicted molar refractivity (Wildman–Crippen MR) is 115 cm³/mol. The largest absolute Gasteiger partial charge is 0.489 e. The highest BCUT2D eigenvalue weighted by Crippen LogP contribution is 2.21. The fraction of sp³-hybridized carbons (Fsp3) is 0.304. The number of rotatable bonds is 6. The number of piperazine rings is 1. The van der Waals surface area contributed by atoms with Gasteiger partial charge in [0.2, 0.25) is 0 Å². The maximum Gasteiger partial charge on any atom is 0.264 e. The van der Waals surface area contributed by atoms with Crippen molar-refractivity contribution in [3.63, 3.8) is 0 Å². The van der Waals surface area contributed by atoms with Crippen molar-refractivity contribution >= 4 is 17.2 Å². The zero-order chi connectivity index (χ0) is 20.1. The second kappa shape index (κ2) is 9.20. The summed E-state index contributed by atoms with van der Waals surface area (Å²) in [5, 5.41) is 2.01. The van der Waals surface area contributed by atoms with Crippen LogP contribution in [0.1, 0.15) is 26.5 Å². The fourth-order valence-corrected chi connectivity index (χ4v) is 4.28. The molecule has 0 bridgehead atoms. The van der Waals surface area contributed by atoms with Crippen LogP contribution < -0.4 is 4.74 Å². The van der Waals surface area contributed by atoms with E-state index in [1.807, 2.05) is 71.9 Å². The van der Waals surface area contributed by atoms with Crippen molar-refractivity contribution < 1.29 is 9.53 Å². The van der Waals surface area contributed by atoms with Gasteiger partial charge in [0.05, 0.1) is 10.6 Å². The molecular weight excluding hydrogens is 382 g/mol. The van der Waals surface area contributed by atoms with Crippen LogP contribution in [0, 0.1) is 6.92 Å². The topological polar surface area (TPSA) is 45.7 Å². The van der Waals surface area contributed by atoms with E-state index in [1.165, 1.54) is 16.9 Å². The fourth-order valence-electron chi connectivity index (χ4n) is 3.42. The second-order valence-electron chi connectivity index (χ2n) is 7.31. The lowest BCUT2D eigenvalue weighted by Gasteiger charge is -2.34. The first-order chi connectivity index (χ1) is 14.2. The number of carbonyl (C=O) groups excluding carboxylic acids is 1. The first kappa shape index (κ1) is 19.6. The van der Waals surface area contributed by atoms with Crippen molar-refractivity contribution in [2.75, 3.05) is 26.2 Å². The van der Waals surface area contributed by atoms with E-state index < -0.39 is 0 Å². The number of ether oxygens (including phenoxy) is 1. The Bertz CT molecular complexity index is 950. The predicted octanol–water partition coefficient (Wildman–Crippen LogP) is 3.99. The van der Waals surface area contributed by atoms with Gasteiger partial charge in [0.15, 0.2) is 0 Å². The van der Waals surface area contributed by atoms with E-state index >= 15 is 0 Å². The second-order valence-corrected chi connectivity index (χ2v) is 8.23. The van der Waals surface area contributed by atoms with E-state index in [1.54, 1.807) is 0 Å². The first-order valence-corrected chi connectivity index (χ1v) is 10.7. The third-order valence-corrected chi connectivity index (χ3v) is 6.00. The molecule has 0 spiro atoms. The van der Waals surface area contributed by atoms with Gasteiger partial charge in [0, 0.05) is 44.5 Å². The quantitative estimate of drug-likeness (QED) is 0.620. The van der Waals surface area contributed by atoms with Crippen molar-refractivity contribution in [2.45, 2.75) is 20.1 Å². The van der Waals surface area contributed by atoms with Crippen LogP contribution in [0.5, 0.6) is 5.75 Å². The van der Waals surface area contributed by atoms with Gasteiger partial charge >= 0.3 is 0 Å². The first-order valence-electron chi connectivity index (χ1n) is 9.86. The normalized spacial score (nSPS) is 14.7. The molecule has 0 unspecified atom stereocenters. The molecule has 0 atom stereocenters. The molecule has 0 saturated carbocycles. The number of amides is 1. The number of benzene rings is 1. The van der Waals surface area contributed by atoms with Crippen LogP contribution in [0.4, 0.5) is 0 Å². The van der Waals surface area contributed by atoms with Gasteiger partial charge in [0.1, 0.15) is 12.4 Å². The van der Waals surface area contributed by atoms with Gasteiger partial charge in [-0.2, -0.15) is 0 Å². The molecule has 29 heavy (non-hydrogen) atoms. The third-order valence-electron chi connectivity index (χ3n) is 5.03. The average Bonchev–Trinajstić information content (AvgIpc) is 3.22. The Morgan fingerprint density at radius 2 is 1.97 bits per heavy atom. The van der Waals surface area contributed by atoms with Crippen LogP contribution in [0.15, 0.2) is 60.1 Å². The molecule has 2 aromatic heterocycles. The van der Waals surface area contributed by atoms with E-state index in [2.05, 4.69) is 9.88 Å². The maximum absolute atomic E-state index is 12.9. The molecule has 1 aromatic carbocycles. The maximum atomic E-state index is 12.9. The minimum absolute atomic E-state index is 0.120. The summed E-state index contributed by atoms with van der Waals surface area (Å²) in [7, 11) is 0. The standard InChI is InChI=1S/C23H25N3O2S/c1-18-5-4-7-21(13-18)28-16-19-14-22(29-17-19)23(27)26-11-9-25(10-12-26)15-20-6-2-3-8-24-20/h2-8,13-14,17H,9-12,15-16H2,1H3. The monoisotopic (exact) mass is 407 g/mol. The molecule has 0 N–H and O–H groups in total. The number of pyridine rings is 1. The minimum Gasteiger partial charge on any atom is -0.489 e. The number of hydrogen-bond donors (Lipinski definition) is 0. The molecule has 5 nitrogen and oxygen atoms in total. The Morgan fingerprint density at radius 1 is 1.10 bits per heavy atom. The van der Waals surface area contributed by atoms with Crippen LogP contribution in [-0.4, -0.2) is 46.9 Å². The molecule has 0 radical (unpaired) electrons. The van der Waals surface area contributed by atoms with Crippen molar-refractivity contribution in [3.05, 3.63) is 81.8 Å². The van der Waals surface area contributed by atoms with Gasteiger partial charge < -0.3 is 9.64 Å². The molecule has 1 aliphatic heterocycles. The van der Waals surface area contributed by atoms with E-state index in [4.69, 9.17) is 4.74 Å². The molecule has 1 aliphatic rings. The summed E-state index contributed by atoms with van der Waals surface area (Å²) < 4.78 is 5.85. The van der Waals surface area contributed by atoms with Crippen molar-refractivity contribution in [2.24, 2.45) is 0 Å². The summed E-state index contributed by atoms with van der Waals surface area (Å²) in [5.74, 6) is 0.974. The van der Waals surface area contributed by atoms with E-state index in [9.17, 15) is 4.79 Å². The molecular formula is C23H25N3O2S. The van der Waals surface area contributed by atoms with E-state index in [-0.39, 0.29) is 5.91 Å². The molecule has 150 valence electrons. The lowest BCUT2D eigenvalue weighted by molar-refractivity contribution is 0.0631.